The first-order chi connectivity index (χ1) is 11.9. The second-order valence-electron chi connectivity index (χ2n) is 7.43. The molecule has 2 heterocycles. The monoisotopic (exact) mass is 356 g/mol. The maximum atomic E-state index is 13.8. The lowest BCUT2D eigenvalue weighted by Crippen LogP contribution is -2.63. The summed E-state index contributed by atoms with van der Waals surface area (Å²) in [7, 11) is 0. The molecule has 0 aromatic heterocycles. The number of aliphatic hydroxyl groups excluding tert-OH is 1. The fourth-order valence-corrected chi connectivity index (χ4v) is 4.63. The van der Waals surface area contributed by atoms with Crippen molar-refractivity contribution in [2.24, 2.45) is 11.8 Å². The maximum absolute atomic E-state index is 13.8. The SMILES string of the molecule is CC1NC(C(F)(F)F)C(CN2CCCC2)C(c2ccccc2)C1CO. The Morgan fingerprint density at radius 3 is 2.32 bits per heavy atom. The summed E-state index contributed by atoms with van der Waals surface area (Å²) in [5.41, 5.74) is 0.897. The molecule has 6 heteroatoms. The molecule has 0 bridgehead atoms. The second-order valence-corrected chi connectivity index (χ2v) is 7.43. The molecule has 0 amide bonds. The zero-order valence-electron chi connectivity index (χ0n) is 14.5. The zero-order valence-corrected chi connectivity index (χ0v) is 14.5. The molecule has 1 aromatic rings. The quantitative estimate of drug-likeness (QED) is 0.871. The van der Waals surface area contributed by atoms with Gasteiger partial charge >= 0.3 is 6.18 Å². The molecule has 3 rings (SSSR count). The standard InChI is InChI=1S/C19H27F3N2O/c1-13-16(12-25)17(14-7-3-2-4-8-14)15(11-24-9-5-6-10-24)18(23-13)19(20,21)22/h2-4,7-8,13,15-18,23,25H,5-6,9-12H2,1H3. The molecule has 3 nitrogen and oxygen atoms in total. The minimum Gasteiger partial charge on any atom is -0.396 e. The summed E-state index contributed by atoms with van der Waals surface area (Å²) in [5, 5.41) is 12.7. The van der Waals surface area contributed by atoms with E-state index in [4.69, 9.17) is 0 Å². The van der Waals surface area contributed by atoms with E-state index >= 15 is 0 Å². The van der Waals surface area contributed by atoms with Gasteiger partial charge in [0.15, 0.2) is 0 Å². The Kier molecular flexibility index (Phi) is 5.71. The number of benzene rings is 1. The summed E-state index contributed by atoms with van der Waals surface area (Å²) in [4.78, 5) is 2.14. The van der Waals surface area contributed by atoms with Crippen LogP contribution in [0.15, 0.2) is 30.3 Å². The number of piperidine rings is 1. The van der Waals surface area contributed by atoms with E-state index in [1.807, 2.05) is 30.3 Å². The molecule has 0 saturated carbocycles. The van der Waals surface area contributed by atoms with Crippen molar-refractivity contribution < 1.29 is 18.3 Å². The van der Waals surface area contributed by atoms with E-state index in [0.29, 0.717) is 6.54 Å². The molecule has 2 aliphatic heterocycles. The van der Waals surface area contributed by atoms with Gasteiger partial charge in [-0.05, 0) is 44.3 Å². The van der Waals surface area contributed by atoms with E-state index in [1.54, 1.807) is 6.92 Å². The van der Waals surface area contributed by atoms with Crippen molar-refractivity contribution in [3.63, 3.8) is 0 Å². The summed E-state index contributed by atoms with van der Waals surface area (Å²) in [6, 6.07) is 7.47. The molecule has 2 N–H and O–H groups in total. The van der Waals surface area contributed by atoms with Gasteiger partial charge in [-0.1, -0.05) is 30.3 Å². The number of hydrogen-bond acceptors (Lipinski definition) is 3. The number of likely N-dealkylation sites (tertiary alicyclic amines) is 1. The van der Waals surface area contributed by atoms with Crippen LogP contribution in [0.5, 0.6) is 0 Å². The van der Waals surface area contributed by atoms with Crippen molar-refractivity contribution in [2.45, 2.75) is 43.9 Å². The lowest BCUT2D eigenvalue weighted by molar-refractivity contribution is -0.184. The van der Waals surface area contributed by atoms with Crippen molar-refractivity contribution in [3.05, 3.63) is 35.9 Å². The van der Waals surface area contributed by atoms with Crippen LogP contribution in [-0.2, 0) is 0 Å². The number of alkyl halides is 3. The Morgan fingerprint density at radius 2 is 1.76 bits per heavy atom. The highest BCUT2D eigenvalue weighted by atomic mass is 19.4. The summed E-state index contributed by atoms with van der Waals surface area (Å²) < 4.78 is 41.4. The Hall–Kier alpha value is -1.11. The second kappa shape index (κ2) is 7.64. The average molecular weight is 356 g/mol. The van der Waals surface area contributed by atoms with Crippen molar-refractivity contribution in [1.29, 1.82) is 0 Å². The molecule has 5 atom stereocenters. The van der Waals surface area contributed by atoms with Gasteiger partial charge in [-0.15, -0.1) is 0 Å². The van der Waals surface area contributed by atoms with Gasteiger partial charge in [0.2, 0.25) is 0 Å². The van der Waals surface area contributed by atoms with Crippen LogP contribution in [0.4, 0.5) is 13.2 Å². The molecule has 25 heavy (non-hydrogen) atoms. The molecule has 2 saturated heterocycles. The smallest absolute Gasteiger partial charge is 0.396 e. The first-order valence-electron chi connectivity index (χ1n) is 9.12. The fraction of sp³-hybridized carbons (Fsp3) is 0.684. The van der Waals surface area contributed by atoms with Gasteiger partial charge in [-0.2, -0.15) is 13.2 Å². The molecule has 0 spiro atoms. The van der Waals surface area contributed by atoms with E-state index in [2.05, 4.69) is 10.2 Å². The topological polar surface area (TPSA) is 35.5 Å². The Morgan fingerprint density at radius 1 is 1.12 bits per heavy atom. The third kappa shape index (κ3) is 4.01. The first-order valence-corrected chi connectivity index (χ1v) is 9.12. The Labute approximate surface area is 147 Å². The average Bonchev–Trinajstić information content (AvgIpc) is 3.08. The van der Waals surface area contributed by atoms with Crippen molar-refractivity contribution >= 4 is 0 Å². The highest BCUT2D eigenvalue weighted by Gasteiger charge is 2.54. The maximum Gasteiger partial charge on any atom is 0.404 e. The molecule has 5 unspecified atom stereocenters. The predicted molar refractivity (Wildman–Crippen MR) is 91.4 cm³/mol. The van der Waals surface area contributed by atoms with E-state index in [1.165, 1.54) is 0 Å². The van der Waals surface area contributed by atoms with Crippen LogP contribution in [0.25, 0.3) is 0 Å². The van der Waals surface area contributed by atoms with Crippen molar-refractivity contribution in [3.8, 4) is 0 Å². The van der Waals surface area contributed by atoms with Gasteiger partial charge in [0.05, 0.1) is 0 Å². The first kappa shape index (κ1) is 18.7. The Balaban J connectivity index is 1.98. The number of nitrogens with one attached hydrogen (secondary N) is 1. The van der Waals surface area contributed by atoms with Crippen LogP contribution in [0.2, 0.25) is 0 Å². The van der Waals surface area contributed by atoms with Crippen LogP contribution >= 0.6 is 0 Å². The number of rotatable bonds is 4. The molecule has 0 radical (unpaired) electrons. The minimum atomic E-state index is -4.30. The lowest BCUT2D eigenvalue weighted by Gasteiger charge is -2.48. The third-order valence-electron chi connectivity index (χ3n) is 5.85. The van der Waals surface area contributed by atoms with Gasteiger partial charge in [0.25, 0.3) is 0 Å². The van der Waals surface area contributed by atoms with Gasteiger partial charge < -0.3 is 15.3 Å². The van der Waals surface area contributed by atoms with Gasteiger partial charge in [-0.3, -0.25) is 0 Å². The van der Waals surface area contributed by atoms with Crippen LogP contribution < -0.4 is 5.32 Å². The largest absolute Gasteiger partial charge is 0.404 e. The fourth-order valence-electron chi connectivity index (χ4n) is 4.63. The van der Waals surface area contributed by atoms with E-state index < -0.39 is 24.2 Å². The Bertz CT molecular complexity index is 545. The molecule has 0 aliphatic carbocycles. The van der Waals surface area contributed by atoms with Crippen molar-refractivity contribution in [2.75, 3.05) is 26.2 Å². The summed E-state index contributed by atoms with van der Waals surface area (Å²) in [5.74, 6) is -1.14. The molecular formula is C19H27F3N2O. The molecule has 2 fully saturated rings. The van der Waals surface area contributed by atoms with Crippen molar-refractivity contribution in [1.82, 2.24) is 10.2 Å². The molecule has 140 valence electrons. The van der Waals surface area contributed by atoms with Gasteiger partial charge in [-0.25, -0.2) is 0 Å². The van der Waals surface area contributed by atoms with Crippen LogP contribution in [-0.4, -0.2) is 54.5 Å². The van der Waals surface area contributed by atoms with Gasteiger partial charge in [0.1, 0.15) is 6.04 Å². The summed E-state index contributed by atoms with van der Waals surface area (Å²) in [6.45, 7) is 3.78. The number of hydrogen-bond donors (Lipinski definition) is 2. The van der Waals surface area contributed by atoms with E-state index in [-0.39, 0.29) is 18.4 Å². The zero-order chi connectivity index (χ0) is 18.0. The van der Waals surface area contributed by atoms with Crippen LogP contribution in [0, 0.1) is 11.8 Å². The van der Waals surface area contributed by atoms with E-state index in [0.717, 1.165) is 31.5 Å². The highest BCUT2D eigenvalue weighted by molar-refractivity contribution is 5.24. The number of aliphatic hydroxyl groups is 1. The van der Waals surface area contributed by atoms with Crippen LogP contribution in [0.3, 0.4) is 0 Å². The summed E-state index contributed by atoms with van der Waals surface area (Å²) >= 11 is 0. The number of halogens is 3. The highest BCUT2D eigenvalue weighted by Crippen LogP contribution is 2.44. The predicted octanol–water partition coefficient (Wildman–Crippen LogP) is 3.01. The molecule has 2 aliphatic rings. The number of nitrogens with zero attached hydrogens (tertiary/aromatic N) is 1. The normalized spacial score (nSPS) is 34.4. The minimum absolute atomic E-state index is 0.116. The summed E-state index contributed by atoms with van der Waals surface area (Å²) in [6.07, 6.45) is -2.20. The van der Waals surface area contributed by atoms with E-state index in [9.17, 15) is 18.3 Å². The molecular weight excluding hydrogens is 329 g/mol. The van der Waals surface area contributed by atoms with Crippen LogP contribution in [0.1, 0.15) is 31.2 Å². The molecule has 1 aromatic carbocycles. The third-order valence-corrected chi connectivity index (χ3v) is 5.85. The lowest BCUT2D eigenvalue weighted by atomic mass is 9.68. The van der Waals surface area contributed by atoms with Gasteiger partial charge in [0, 0.05) is 31.0 Å².